The van der Waals surface area contributed by atoms with Crippen LogP contribution in [0.15, 0.2) is 0 Å². The Kier molecular flexibility index (Phi) is 4.73. The zero-order chi connectivity index (χ0) is 13.9. The van der Waals surface area contributed by atoms with Gasteiger partial charge in [-0.1, -0.05) is 20.8 Å². The number of nitrogens with zero attached hydrogens (tertiary/aromatic N) is 1. The normalized spacial score (nSPS) is 22.0. The van der Waals surface area contributed by atoms with Crippen LogP contribution < -0.4 is 11.5 Å². The highest BCUT2D eigenvalue weighted by Crippen LogP contribution is 2.23. The zero-order valence-electron chi connectivity index (χ0n) is 11.6. The predicted octanol–water partition coefficient (Wildman–Crippen LogP) is 0.616. The third-order valence-corrected chi connectivity index (χ3v) is 3.21. The lowest BCUT2D eigenvalue weighted by molar-refractivity contribution is -0.137. The van der Waals surface area contributed by atoms with Crippen molar-refractivity contribution < 1.29 is 9.59 Å². The molecule has 1 saturated heterocycles. The van der Waals surface area contributed by atoms with Crippen LogP contribution in [0.1, 0.15) is 46.5 Å². The highest BCUT2D eigenvalue weighted by molar-refractivity contribution is 5.87. The summed E-state index contributed by atoms with van der Waals surface area (Å²) in [6.45, 7) is 6.91. The van der Waals surface area contributed by atoms with Gasteiger partial charge >= 0.3 is 0 Å². The van der Waals surface area contributed by atoms with Crippen molar-refractivity contribution in [1.29, 1.82) is 0 Å². The van der Waals surface area contributed by atoms with E-state index in [9.17, 15) is 9.59 Å². The van der Waals surface area contributed by atoms with Gasteiger partial charge in [0, 0.05) is 19.0 Å². The molecule has 18 heavy (non-hydrogen) atoms. The minimum absolute atomic E-state index is 0.0481. The minimum Gasteiger partial charge on any atom is -0.368 e. The van der Waals surface area contributed by atoms with Crippen molar-refractivity contribution >= 4 is 11.8 Å². The Labute approximate surface area is 109 Å². The molecule has 5 heteroatoms. The maximum Gasteiger partial charge on any atom is 0.240 e. The molecule has 0 saturated carbocycles. The van der Waals surface area contributed by atoms with Crippen LogP contribution in [0.2, 0.25) is 0 Å². The standard InChI is InChI=1S/C13H25N3O2/c1-13(2,3)8-9(14)7-11(17)16-6-4-5-10(16)12(15)18/h9-10H,4-8,14H2,1-3H3,(H2,15,18). The number of hydrogen-bond donors (Lipinski definition) is 2. The summed E-state index contributed by atoms with van der Waals surface area (Å²) in [6, 6.07) is -0.592. The van der Waals surface area contributed by atoms with Crippen LogP contribution in [-0.2, 0) is 9.59 Å². The first kappa shape index (κ1) is 15.0. The summed E-state index contributed by atoms with van der Waals surface area (Å²) in [7, 11) is 0. The summed E-state index contributed by atoms with van der Waals surface area (Å²) in [6.07, 6.45) is 2.60. The number of likely N-dealkylation sites (tertiary alicyclic amines) is 1. The third kappa shape index (κ3) is 4.29. The molecule has 0 aromatic carbocycles. The lowest BCUT2D eigenvalue weighted by Crippen LogP contribution is -2.45. The van der Waals surface area contributed by atoms with Crippen molar-refractivity contribution in [1.82, 2.24) is 4.90 Å². The van der Waals surface area contributed by atoms with Crippen LogP contribution in [0.5, 0.6) is 0 Å². The van der Waals surface area contributed by atoms with Gasteiger partial charge in [-0.25, -0.2) is 0 Å². The highest BCUT2D eigenvalue weighted by Gasteiger charge is 2.33. The molecule has 1 fully saturated rings. The Hall–Kier alpha value is -1.10. The van der Waals surface area contributed by atoms with E-state index in [4.69, 9.17) is 11.5 Å². The van der Waals surface area contributed by atoms with E-state index < -0.39 is 11.9 Å². The Morgan fingerprint density at radius 3 is 2.50 bits per heavy atom. The van der Waals surface area contributed by atoms with Crippen molar-refractivity contribution in [2.75, 3.05) is 6.54 Å². The molecule has 0 radical (unpaired) electrons. The number of carbonyl (C=O) groups excluding carboxylic acids is 2. The van der Waals surface area contributed by atoms with Gasteiger partial charge in [-0.15, -0.1) is 0 Å². The topological polar surface area (TPSA) is 89.4 Å². The van der Waals surface area contributed by atoms with Crippen LogP contribution in [0.25, 0.3) is 0 Å². The molecule has 1 heterocycles. The van der Waals surface area contributed by atoms with E-state index in [0.29, 0.717) is 19.4 Å². The van der Waals surface area contributed by atoms with E-state index in [1.54, 1.807) is 4.90 Å². The fourth-order valence-corrected chi connectivity index (χ4v) is 2.56. The van der Waals surface area contributed by atoms with Gasteiger partial charge in [0.1, 0.15) is 6.04 Å². The molecule has 0 aliphatic carbocycles. The summed E-state index contributed by atoms with van der Waals surface area (Å²) in [5.41, 5.74) is 11.4. The van der Waals surface area contributed by atoms with Gasteiger partial charge in [0.15, 0.2) is 0 Å². The lowest BCUT2D eigenvalue weighted by Gasteiger charge is -2.26. The highest BCUT2D eigenvalue weighted by atomic mass is 16.2. The molecule has 4 N–H and O–H groups in total. The predicted molar refractivity (Wildman–Crippen MR) is 70.6 cm³/mol. The Balaban J connectivity index is 2.52. The van der Waals surface area contributed by atoms with Gasteiger partial charge in [-0.2, -0.15) is 0 Å². The monoisotopic (exact) mass is 255 g/mol. The number of carbonyl (C=O) groups is 2. The average Bonchev–Trinajstić information content (AvgIpc) is 2.61. The fourth-order valence-electron chi connectivity index (χ4n) is 2.56. The van der Waals surface area contributed by atoms with E-state index in [0.717, 1.165) is 12.8 Å². The molecule has 0 aromatic heterocycles. The molecule has 0 aromatic rings. The van der Waals surface area contributed by atoms with Crippen LogP contribution in [0.4, 0.5) is 0 Å². The molecular weight excluding hydrogens is 230 g/mol. The third-order valence-electron chi connectivity index (χ3n) is 3.21. The van der Waals surface area contributed by atoms with Crippen molar-refractivity contribution in [2.24, 2.45) is 16.9 Å². The molecule has 1 aliphatic rings. The number of nitrogens with two attached hydrogens (primary N) is 2. The summed E-state index contributed by atoms with van der Waals surface area (Å²) >= 11 is 0. The zero-order valence-corrected chi connectivity index (χ0v) is 11.6. The SMILES string of the molecule is CC(C)(C)CC(N)CC(=O)N1CCCC1C(N)=O. The van der Waals surface area contributed by atoms with Crippen molar-refractivity contribution in [2.45, 2.75) is 58.5 Å². The smallest absolute Gasteiger partial charge is 0.240 e. The largest absolute Gasteiger partial charge is 0.368 e. The van der Waals surface area contributed by atoms with Gasteiger partial charge in [0.05, 0.1) is 0 Å². The molecule has 5 nitrogen and oxygen atoms in total. The van der Waals surface area contributed by atoms with Gasteiger partial charge < -0.3 is 16.4 Å². The molecular formula is C13H25N3O2. The number of hydrogen-bond acceptors (Lipinski definition) is 3. The van der Waals surface area contributed by atoms with E-state index >= 15 is 0 Å². The quantitative estimate of drug-likeness (QED) is 0.771. The second-order valence-electron chi connectivity index (χ2n) is 6.38. The average molecular weight is 255 g/mol. The number of amides is 2. The first-order valence-electron chi connectivity index (χ1n) is 6.55. The maximum absolute atomic E-state index is 12.1. The molecule has 1 rings (SSSR count). The van der Waals surface area contributed by atoms with Crippen LogP contribution >= 0.6 is 0 Å². The van der Waals surface area contributed by atoms with E-state index in [2.05, 4.69) is 20.8 Å². The van der Waals surface area contributed by atoms with E-state index in [1.165, 1.54) is 0 Å². The second kappa shape index (κ2) is 5.69. The van der Waals surface area contributed by atoms with Crippen LogP contribution in [-0.4, -0.2) is 35.3 Å². The molecule has 104 valence electrons. The summed E-state index contributed by atoms with van der Waals surface area (Å²) in [4.78, 5) is 24.9. The van der Waals surface area contributed by atoms with Gasteiger partial charge in [0.2, 0.25) is 11.8 Å². The van der Waals surface area contributed by atoms with Crippen LogP contribution in [0.3, 0.4) is 0 Å². The van der Waals surface area contributed by atoms with Crippen molar-refractivity contribution in [3.05, 3.63) is 0 Å². The molecule has 0 spiro atoms. The van der Waals surface area contributed by atoms with Crippen molar-refractivity contribution in [3.63, 3.8) is 0 Å². The number of primary amides is 1. The van der Waals surface area contributed by atoms with Gasteiger partial charge in [-0.05, 0) is 24.7 Å². The summed E-state index contributed by atoms with van der Waals surface area (Å²) in [5.74, 6) is -0.460. The fraction of sp³-hybridized carbons (Fsp3) is 0.846. The van der Waals surface area contributed by atoms with E-state index in [1.807, 2.05) is 0 Å². The second-order valence-corrected chi connectivity index (χ2v) is 6.38. The van der Waals surface area contributed by atoms with Gasteiger partial charge in [0.25, 0.3) is 0 Å². The Morgan fingerprint density at radius 2 is 2.00 bits per heavy atom. The first-order chi connectivity index (χ1) is 8.20. The van der Waals surface area contributed by atoms with E-state index in [-0.39, 0.29) is 17.4 Å². The van der Waals surface area contributed by atoms with Gasteiger partial charge in [-0.3, -0.25) is 9.59 Å². The molecule has 0 bridgehead atoms. The summed E-state index contributed by atoms with van der Waals surface area (Å²) in [5, 5.41) is 0. The maximum atomic E-state index is 12.1. The summed E-state index contributed by atoms with van der Waals surface area (Å²) < 4.78 is 0. The molecule has 1 aliphatic heterocycles. The van der Waals surface area contributed by atoms with Crippen molar-refractivity contribution in [3.8, 4) is 0 Å². The number of rotatable bonds is 4. The molecule has 2 atom stereocenters. The Bertz CT molecular complexity index is 323. The van der Waals surface area contributed by atoms with Crippen LogP contribution in [0, 0.1) is 5.41 Å². The minimum atomic E-state index is -0.431. The molecule has 2 unspecified atom stereocenters. The Morgan fingerprint density at radius 1 is 1.39 bits per heavy atom. The lowest BCUT2D eigenvalue weighted by atomic mass is 9.87. The molecule has 2 amide bonds. The first-order valence-corrected chi connectivity index (χ1v) is 6.55.